The summed E-state index contributed by atoms with van der Waals surface area (Å²) in [6.07, 6.45) is 2.55. The van der Waals surface area contributed by atoms with Crippen molar-refractivity contribution in [2.75, 3.05) is 5.73 Å². The Morgan fingerprint density at radius 3 is 2.63 bits per heavy atom. The van der Waals surface area contributed by atoms with Crippen molar-refractivity contribution < 1.29 is 4.52 Å². The van der Waals surface area contributed by atoms with Gasteiger partial charge in [-0.25, -0.2) is 0 Å². The molecule has 1 unspecified atom stereocenters. The van der Waals surface area contributed by atoms with Gasteiger partial charge < -0.3 is 10.3 Å². The summed E-state index contributed by atoms with van der Waals surface area (Å²) >= 11 is 0. The average molecular weight is 259 g/mol. The maximum Gasteiger partial charge on any atom is 0.176 e. The molecular formula is C15H21N3O. The van der Waals surface area contributed by atoms with E-state index in [-0.39, 0.29) is 5.41 Å². The van der Waals surface area contributed by atoms with Gasteiger partial charge >= 0.3 is 0 Å². The fraction of sp³-hybridized carbons (Fsp3) is 0.467. The number of nitrogens with two attached hydrogens (primary N) is 1. The lowest BCUT2D eigenvalue weighted by molar-refractivity contribution is 0.240. The molecule has 4 nitrogen and oxygen atoms in total. The Morgan fingerprint density at radius 2 is 2.05 bits per heavy atom. The second-order valence-electron chi connectivity index (χ2n) is 6.05. The van der Waals surface area contributed by atoms with Gasteiger partial charge in [-0.2, -0.15) is 0 Å². The molecule has 0 radical (unpaired) electrons. The van der Waals surface area contributed by atoms with Crippen molar-refractivity contribution >= 4 is 5.82 Å². The molecule has 102 valence electrons. The average Bonchev–Trinajstić information content (AvgIpc) is 2.70. The second-order valence-corrected chi connectivity index (χ2v) is 6.05. The standard InChI is InChI=1S/C15H21N3O/c1-10(15(2,3)4)9-12-13(14(16)18-19-12)11-7-5-6-8-17-11/h5-8,10H,9H2,1-4H3,(H2,16,18). The number of aromatic nitrogens is 2. The van der Waals surface area contributed by atoms with E-state index in [9.17, 15) is 0 Å². The zero-order valence-electron chi connectivity index (χ0n) is 12.0. The highest BCUT2D eigenvalue weighted by Gasteiger charge is 2.25. The molecule has 1 atom stereocenters. The molecule has 0 spiro atoms. The molecule has 2 aromatic rings. The fourth-order valence-electron chi connectivity index (χ4n) is 1.85. The first kappa shape index (κ1) is 13.6. The lowest BCUT2D eigenvalue weighted by Gasteiger charge is -2.26. The van der Waals surface area contributed by atoms with Crippen LogP contribution >= 0.6 is 0 Å². The number of rotatable bonds is 3. The first-order valence-corrected chi connectivity index (χ1v) is 6.55. The second kappa shape index (κ2) is 5.03. The lowest BCUT2D eigenvalue weighted by atomic mass is 9.79. The molecule has 2 N–H and O–H groups in total. The Labute approximate surface area is 114 Å². The Balaban J connectivity index is 2.34. The van der Waals surface area contributed by atoms with E-state index in [0.29, 0.717) is 11.7 Å². The van der Waals surface area contributed by atoms with Gasteiger partial charge in [0.1, 0.15) is 5.76 Å². The Hall–Kier alpha value is -1.84. The number of hydrogen-bond acceptors (Lipinski definition) is 4. The third-order valence-electron chi connectivity index (χ3n) is 3.68. The number of pyridine rings is 1. The van der Waals surface area contributed by atoms with Crippen LogP contribution in [0.3, 0.4) is 0 Å². The first-order chi connectivity index (χ1) is 8.89. The molecule has 0 aliphatic heterocycles. The van der Waals surface area contributed by atoms with Crippen LogP contribution in [-0.4, -0.2) is 10.1 Å². The maximum atomic E-state index is 5.91. The Kier molecular flexibility index (Phi) is 3.60. The van der Waals surface area contributed by atoms with Crippen LogP contribution in [0.2, 0.25) is 0 Å². The monoisotopic (exact) mass is 259 g/mol. The Morgan fingerprint density at radius 1 is 1.32 bits per heavy atom. The van der Waals surface area contributed by atoms with Crippen molar-refractivity contribution in [3.05, 3.63) is 30.2 Å². The summed E-state index contributed by atoms with van der Waals surface area (Å²) in [6.45, 7) is 8.87. The summed E-state index contributed by atoms with van der Waals surface area (Å²) in [4.78, 5) is 4.33. The summed E-state index contributed by atoms with van der Waals surface area (Å²) in [6, 6.07) is 5.74. The van der Waals surface area contributed by atoms with E-state index in [1.165, 1.54) is 0 Å². The number of anilines is 1. The summed E-state index contributed by atoms with van der Waals surface area (Å²) in [5, 5.41) is 3.89. The van der Waals surface area contributed by atoms with Gasteiger partial charge in [-0.05, 0) is 23.5 Å². The molecule has 2 rings (SSSR count). The quantitative estimate of drug-likeness (QED) is 0.915. The van der Waals surface area contributed by atoms with Crippen molar-refractivity contribution in [3.8, 4) is 11.3 Å². The zero-order valence-corrected chi connectivity index (χ0v) is 12.0. The third kappa shape index (κ3) is 2.95. The van der Waals surface area contributed by atoms with Crippen LogP contribution in [0.1, 0.15) is 33.5 Å². The van der Waals surface area contributed by atoms with Gasteiger partial charge in [-0.15, -0.1) is 0 Å². The molecule has 0 amide bonds. The molecule has 0 aliphatic rings. The molecule has 0 bridgehead atoms. The third-order valence-corrected chi connectivity index (χ3v) is 3.68. The predicted octanol–water partition coefficient (Wildman–Crippen LogP) is 3.54. The summed E-state index contributed by atoms with van der Waals surface area (Å²) in [5.41, 5.74) is 7.77. The maximum absolute atomic E-state index is 5.91. The largest absolute Gasteiger partial charge is 0.380 e. The van der Waals surface area contributed by atoms with Crippen LogP contribution < -0.4 is 5.73 Å². The molecule has 0 aliphatic carbocycles. The van der Waals surface area contributed by atoms with Gasteiger partial charge in [0.25, 0.3) is 0 Å². The molecule has 0 saturated heterocycles. The van der Waals surface area contributed by atoms with Crippen LogP contribution in [0.15, 0.2) is 28.9 Å². The first-order valence-electron chi connectivity index (χ1n) is 6.55. The molecule has 0 saturated carbocycles. The highest BCUT2D eigenvalue weighted by molar-refractivity contribution is 5.72. The van der Waals surface area contributed by atoms with E-state index < -0.39 is 0 Å². The van der Waals surface area contributed by atoms with E-state index in [1.807, 2.05) is 18.2 Å². The van der Waals surface area contributed by atoms with E-state index in [2.05, 4.69) is 37.8 Å². The van der Waals surface area contributed by atoms with Gasteiger partial charge in [0, 0.05) is 12.6 Å². The van der Waals surface area contributed by atoms with E-state index in [0.717, 1.165) is 23.4 Å². The van der Waals surface area contributed by atoms with Crippen LogP contribution in [0.4, 0.5) is 5.82 Å². The highest BCUT2D eigenvalue weighted by Crippen LogP contribution is 2.34. The number of nitrogens with zero attached hydrogens (tertiary/aromatic N) is 2. The molecule has 4 heteroatoms. The zero-order chi connectivity index (χ0) is 14.0. The minimum atomic E-state index is 0.211. The smallest absolute Gasteiger partial charge is 0.176 e. The predicted molar refractivity (Wildman–Crippen MR) is 76.5 cm³/mol. The lowest BCUT2D eigenvalue weighted by Crippen LogP contribution is -2.19. The molecule has 0 fully saturated rings. The summed E-state index contributed by atoms with van der Waals surface area (Å²) in [5.74, 6) is 1.69. The van der Waals surface area contributed by atoms with Gasteiger partial charge in [-0.1, -0.05) is 38.9 Å². The summed E-state index contributed by atoms with van der Waals surface area (Å²) in [7, 11) is 0. The van der Waals surface area contributed by atoms with E-state index >= 15 is 0 Å². The molecule has 19 heavy (non-hydrogen) atoms. The molecule has 0 aromatic carbocycles. The van der Waals surface area contributed by atoms with E-state index in [4.69, 9.17) is 10.3 Å². The van der Waals surface area contributed by atoms with Crippen molar-refractivity contribution in [1.82, 2.24) is 10.1 Å². The van der Waals surface area contributed by atoms with Gasteiger partial charge in [0.05, 0.1) is 11.3 Å². The minimum absolute atomic E-state index is 0.211. The molecule has 2 heterocycles. The molecule has 2 aromatic heterocycles. The van der Waals surface area contributed by atoms with Crippen molar-refractivity contribution in [1.29, 1.82) is 0 Å². The minimum Gasteiger partial charge on any atom is -0.380 e. The van der Waals surface area contributed by atoms with Gasteiger partial charge in [-0.3, -0.25) is 4.98 Å². The van der Waals surface area contributed by atoms with Crippen molar-refractivity contribution in [2.45, 2.75) is 34.1 Å². The number of nitrogen functional groups attached to an aromatic ring is 1. The SMILES string of the molecule is CC(Cc1onc(N)c1-c1ccccn1)C(C)(C)C. The van der Waals surface area contributed by atoms with Crippen LogP contribution in [0.25, 0.3) is 11.3 Å². The van der Waals surface area contributed by atoms with Crippen LogP contribution in [-0.2, 0) is 6.42 Å². The van der Waals surface area contributed by atoms with Crippen molar-refractivity contribution in [3.63, 3.8) is 0 Å². The highest BCUT2D eigenvalue weighted by atomic mass is 16.5. The Bertz CT molecular complexity index is 540. The van der Waals surface area contributed by atoms with E-state index in [1.54, 1.807) is 6.20 Å². The topological polar surface area (TPSA) is 64.9 Å². The van der Waals surface area contributed by atoms with Crippen LogP contribution in [0.5, 0.6) is 0 Å². The molecular weight excluding hydrogens is 238 g/mol. The summed E-state index contributed by atoms with van der Waals surface area (Å²) < 4.78 is 5.40. The van der Waals surface area contributed by atoms with Crippen LogP contribution in [0, 0.1) is 11.3 Å². The normalized spacial score (nSPS) is 13.5. The van der Waals surface area contributed by atoms with Gasteiger partial charge in [0.2, 0.25) is 0 Å². The van der Waals surface area contributed by atoms with Gasteiger partial charge in [0.15, 0.2) is 5.82 Å². The number of hydrogen-bond donors (Lipinski definition) is 1. The van der Waals surface area contributed by atoms with Crippen molar-refractivity contribution in [2.24, 2.45) is 11.3 Å². The fourth-order valence-corrected chi connectivity index (χ4v) is 1.85.